The number of rotatable bonds is 9. The van der Waals surface area contributed by atoms with Gasteiger partial charge < -0.3 is 9.94 Å². The molecule has 2 aromatic rings. The van der Waals surface area contributed by atoms with E-state index >= 15 is 0 Å². The first-order chi connectivity index (χ1) is 12.1. The van der Waals surface area contributed by atoms with E-state index in [1.807, 2.05) is 24.3 Å². The Morgan fingerprint density at radius 2 is 1.40 bits per heavy atom. The van der Waals surface area contributed by atoms with Gasteiger partial charge >= 0.3 is 5.97 Å². The summed E-state index contributed by atoms with van der Waals surface area (Å²) >= 11 is 0. The van der Waals surface area contributed by atoms with Crippen LogP contribution in [0.4, 0.5) is 0 Å². The first-order valence-electron chi connectivity index (χ1n) is 8.62. The summed E-state index contributed by atoms with van der Waals surface area (Å²) < 4.78 is 0. The highest BCUT2D eigenvalue weighted by molar-refractivity contribution is 6.12. The Hall–Kier alpha value is -2.62. The molecule has 0 aliphatic carbocycles. The third-order valence-corrected chi connectivity index (χ3v) is 3.93. The molecule has 2 aromatic carbocycles. The number of carboxylic acid groups (broad SMARTS) is 1. The molecule has 4 nitrogen and oxygen atoms in total. The number of oxime groups is 1. The number of carboxylic acids is 1. The summed E-state index contributed by atoms with van der Waals surface area (Å²) in [5.41, 5.74) is 5.24. The molecule has 25 heavy (non-hydrogen) atoms. The lowest BCUT2D eigenvalue weighted by molar-refractivity contribution is -0.137. The van der Waals surface area contributed by atoms with Crippen molar-refractivity contribution in [2.24, 2.45) is 5.16 Å². The molecule has 0 saturated carbocycles. The van der Waals surface area contributed by atoms with Crippen LogP contribution in [-0.4, -0.2) is 23.4 Å². The number of aliphatic carboxylic acids is 1. The second-order valence-corrected chi connectivity index (χ2v) is 6.21. The molecule has 0 aromatic heterocycles. The van der Waals surface area contributed by atoms with Crippen LogP contribution >= 0.6 is 0 Å². The van der Waals surface area contributed by atoms with Gasteiger partial charge in [-0.05, 0) is 33.1 Å². The van der Waals surface area contributed by atoms with Gasteiger partial charge in [0.2, 0.25) is 0 Å². The summed E-state index contributed by atoms with van der Waals surface area (Å²) in [6.45, 7) is 4.60. The Balaban J connectivity index is 2.03. The molecule has 132 valence electrons. The zero-order valence-corrected chi connectivity index (χ0v) is 14.9. The summed E-state index contributed by atoms with van der Waals surface area (Å²) in [7, 11) is 0. The van der Waals surface area contributed by atoms with Gasteiger partial charge in [-0.2, -0.15) is 0 Å². The third-order valence-electron chi connectivity index (χ3n) is 3.93. The van der Waals surface area contributed by atoms with Crippen molar-refractivity contribution in [3.05, 3.63) is 70.8 Å². The highest BCUT2D eigenvalue weighted by atomic mass is 16.6. The quantitative estimate of drug-likeness (QED) is 0.409. The minimum absolute atomic E-state index is 0.210. The van der Waals surface area contributed by atoms with E-state index < -0.39 is 5.97 Å². The van der Waals surface area contributed by atoms with Crippen molar-refractivity contribution >= 4 is 11.7 Å². The van der Waals surface area contributed by atoms with E-state index in [9.17, 15) is 4.79 Å². The van der Waals surface area contributed by atoms with Crippen LogP contribution in [0, 0.1) is 13.8 Å². The van der Waals surface area contributed by atoms with Crippen LogP contribution in [0.1, 0.15) is 47.9 Å². The first kappa shape index (κ1) is 18.7. The van der Waals surface area contributed by atoms with Gasteiger partial charge in [0.15, 0.2) is 0 Å². The minimum atomic E-state index is -0.750. The Labute approximate surface area is 149 Å². The summed E-state index contributed by atoms with van der Waals surface area (Å²) in [6, 6.07) is 16.4. The van der Waals surface area contributed by atoms with Crippen LogP contribution in [0.15, 0.2) is 53.7 Å². The lowest BCUT2D eigenvalue weighted by Gasteiger charge is -2.08. The molecular formula is C21H25NO3. The van der Waals surface area contributed by atoms with E-state index in [4.69, 9.17) is 9.94 Å². The van der Waals surface area contributed by atoms with Crippen molar-refractivity contribution in [1.82, 2.24) is 0 Å². The van der Waals surface area contributed by atoms with Crippen molar-refractivity contribution in [3.63, 3.8) is 0 Å². The van der Waals surface area contributed by atoms with Gasteiger partial charge in [0.1, 0.15) is 12.3 Å². The van der Waals surface area contributed by atoms with Crippen LogP contribution in [0.2, 0.25) is 0 Å². The van der Waals surface area contributed by atoms with Crippen molar-refractivity contribution in [3.8, 4) is 0 Å². The second-order valence-electron chi connectivity index (χ2n) is 6.21. The molecule has 0 saturated heterocycles. The average molecular weight is 339 g/mol. The third kappa shape index (κ3) is 6.42. The number of nitrogens with zero attached hydrogens (tertiary/aromatic N) is 1. The van der Waals surface area contributed by atoms with Crippen LogP contribution in [0.5, 0.6) is 0 Å². The second kappa shape index (κ2) is 9.62. The molecule has 0 atom stereocenters. The number of aryl methyl sites for hydroxylation is 2. The lowest BCUT2D eigenvalue weighted by atomic mass is 10.0. The molecule has 4 heteroatoms. The van der Waals surface area contributed by atoms with Crippen LogP contribution in [0.25, 0.3) is 0 Å². The predicted octanol–water partition coefficient (Wildman–Crippen LogP) is 4.72. The fourth-order valence-electron chi connectivity index (χ4n) is 2.42. The van der Waals surface area contributed by atoms with Gasteiger partial charge in [0, 0.05) is 17.5 Å². The largest absolute Gasteiger partial charge is 0.481 e. The molecule has 0 heterocycles. The Bertz CT molecular complexity index is 655. The maximum Gasteiger partial charge on any atom is 0.303 e. The molecule has 0 unspecified atom stereocenters. The number of carbonyl (C=O) groups is 1. The van der Waals surface area contributed by atoms with Gasteiger partial charge in [0.05, 0.1) is 0 Å². The van der Waals surface area contributed by atoms with E-state index in [1.54, 1.807) is 0 Å². The van der Waals surface area contributed by atoms with Crippen LogP contribution in [0.3, 0.4) is 0 Å². The summed E-state index contributed by atoms with van der Waals surface area (Å²) in [4.78, 5) is 16.0. The lowest BCUT2D eigenvalue weighted by Crippen LogP contribution is -2.05. The smallest absolute Gasteiger partial charge is 0.303 e. The normalized spacial score (nSPS) is 10.3. The molecule has 0 bridgehead atoms. The fourth-order valence-corrected chi connectivity index (χ4v) is 2.42. The van der Waals surface area contributed by atoms with Crippen molar-refractivity contribution in [2.75, 3.05) is 6.61 Å². The SMILES string of the molecule is Cc1ccc(C(=NOCCCCCC(=O)O)c2ccc(C)cc2)cc1. The fraction of sp³-hybridized carbons (Fsp3) is 0.333. The summed E-state index contributed by atoms with van der Waals surface area (Å²) in [6.07, 6.45) is 2.50. The van der Waals surface area contributed by atoms with Gasteiger partial charge in [-0.25, -0.2) is 0 Å². The number of unbranched alkanes of at least 4 members (excludes halogenated alkanes) is 2. The van der Waals surface area contributed by atoms with Crippen LogP contribution in [-0.2, 0) is 9.63 Å². The monoisotopic (exact) mass is 339 g/mol. The highest BCUT2D eigenvalue weighted by Crippen LogP contribution is 2.14. The Morgan fingerprint density at radius 1 is 0.880 bits per heavy atom. The van der Waals surface area contributed by atoms with E-state index in [-0.39, 0.29) is 6.42 Å². The molecule has 1 N–H and O–H groups in total. The molecule has 0 radical (unpaired) electrons. The van der Waals surface area contributed by atoms with E-state index in [0.29, 0.717) is 13.0 Å². The minimum Gasteiger partial charge on any atom is -0.481 e. The van der Waals surface area contributed by atoms with Gasteiger partial charge in [0.25, 0.3) is 0 Å². The maximum atomic E-state index is 10.5. The standard InChI is InChI=1S/C21H25NO3/c1-16-7-11-18(12-8-16)21(19-13-9-17(2)10-14-19)22-25-15-5-3-4-6-20(23)24/h7-14H,3-6,15H2,1-2H3,(H,23,24). The summed E-state index contributed by atoms with van der Waals surface area (Å²) in [5.74, 6) is -0.750. The van der Waals surface area contributed by atoms with Gasteiger partial charge in [-0.15, -0.1) is 0 Å². The number of hydrogen-bond acceptors (Lipinski definition) is 3. The Morgan fingerprint density at radius 3 is 1.88 bits per heavy atom. The molecule has 0 amide bonds. The molecule has 2 rings (SSSR count). The van der Waals surface area contributed by atoms with Crippen molar-refractivity contribution < 1.29 is 14.7 Å². The first-order valence-corrected chi connectivity index (χ1v) is 8.62. The molecular weight excluding hydrogens is 314 g/mol. The highest BCUT2D eigenvalue weighted by Gasteiger charge is 2.08. The van der Waals surface area contributed by atoms with Crippen molar-refractivity contribution in [1.29, 1.82) is 0 Å². The van der Waals surface area contributed by atoms with E-state index in [0.717, 1.165) is 29.7 Å². The maximum absolute atomic E-state index is 10.5. The van der Waals surface area contributed by atoms with Crippen LogP contribution < -0.4 is 0 Å². The number of hydrogen-bond donors (Lipinski definition) is 1. The van der Waals surface area contributed by atoms with E-state index in [2.05, 4.69) is 43.3 Å². The molecule has 0 spiro atoms. The Kier molecular flexibility index (Phi) is 7.20. The molecule has 0 aliphatic heterocycles. The predicted molar refractivity (Wildman–Crippen MR) is 100 cm³/mol. The van der Waals surface area contributed by atoms with Crippen molar-refractivity contribution in [2.45, 2.75) is 39.5 Å². The average Bonchev–Trinajstić information content (AvgIpc) is 2.59. The summed E-state index contributed by atoms with van der Waals surface area (Å²) in [5, 5.41) is 13.0. The molecule has 0 aliphatic rings. The zero-order chi connectivity index (χ0) is 18.1. The van der Waals surface area contributed by atoms with E-state index in [1.165, 1.54) is 11.1 Å². The molecule has 0 fully saturated rings. The number of benzene rings is 2. The van der Waals surface area contributed by atoms with Gasteiger partial charge in [-0.1, -0.05) is 64.8 Å². The topological polar surface area (TPSA) is 58.9 Å². The van der Waals surface area contributed by atoms with Gasteiger partial charge in [-0.3, -0.25) is 4.79 Å². The zero-order valence-electron chi connectivity index (χ0n) is 14.9.